The maximum Gasteiger partial charge on any atom is 0.253 e. The summed E-state index contributed by atoms with van der Waals surface area (Å²) in [5.41, 5.74) is 2.90. The van der Waals surface area contributed by atoms with Gasteiger partial charge in [0, 0.05) is 27.2 Å². The van der Waals surface area contributed by atoms with Gasteiger partial charge in [0.2, 0.25) is 0 Å². The van der Waals surface area contributed by atoms with Crippen LogP contribution in [-0.4, -0.2) is 27.2 Å². The average Bonchev–Trinajstić information content (AvgIpc) is 2.70. The van der Waals surface area contributed by atoms with Crippen LogP contribution in [0.25, 0.3) is 0 Å². The molecule has 3 aromatic carbocycles. The number of rotatable bonds is 9. The molecule has 0 bridgehead atoms. The third kappa shape index (κ3) is 4.45. The predicted molar refractivity (Wildman–Crippen MR) is 113 cm³/mol. The van der Waals surface area contributed by atoms with E-state index in [-0.39, 0.29) is 10.9 Å². The smallest absolute Gasteiger partial charge is 0.253 e. The normalized spacial score (nSPS) is 10.9. The first kappa shape index (κ1) is 18.9. The lowest BCUT2D eigenvalue weighted by molar-refractivity contribution is 0.775. The van der Waals surface area contributed by atoms with Crippen molar-refractivity contribution in [1.82, 2.24) is 0 Å². The van der Waals surface area contributed by atoms with E-state index >= 15 is 0 Å². The molecule has 0 aliphatic heterocycles. The van der Waals surface area contributed by atoms with Crippen molar-refractivity contribution < 1.29 is 0 Å². The quantitative estimate of drug-likeness (QED) is 0.549. The van der Waals surface area contributed by atoms with Crippen molar-refractivity contribution in [1.29, 1.82) is 0 Å². The third-order valence-corrected chi connectivity index (χ3v) is 5.00. The van der Waals surface area contributed by atoms with E-state index in [1.54, 1.807) is 0 Å². The highest BCUT2D eigenvalue weighted by molar-refractivity contribution is 5.75. The summed E-state index contributed by atoms with van der Waals surface area (Å²) in [6.07, 6.45) is 2.74. The van der Waals surface area contributed by atoms with E-state index in [1.165, 1.54) is 11.1 Å². The van der Waals surface area contributed by atoms with Crippen LogP contribution in [0, 0.1) is 0 Å². The minimum absolute atomic E-state index is 0.362. The molecule has 0 amide bonds. The predicted octanol–water partition coefficient (Wildman–Crippen LogP) is 3.03. The monoisotopic (exact) mass is 362 g/mol. The van der Waals surface area contributed by atoms with Gasteiger partial charge in [0.25, 0.3) is 10.9 Å². The number of aryl methyl sites for hydroxylation is 1. The van der Waals surface area contributed by atoms with Gasteiger partial charge in [-0.15, -0.1) is 0 Å². The van der Waals surface area contributed by atoms with Gasteiger partial charge in [0.1, 0.15) is 11.4 Å². The molecule has 4 heteroatoms. The summed E-state index contributed by atoms with van der Waals surface area (Å²) in [6, 6.07) is 20.5. The van der Waals surface area contributed by atoms with Crippen molar-refractivity contribution >= 4 is 11.4 Å². The van der Waals surface area contributed by atoms with E-state index in [0.717, 1.165) is 25.8 Å². The molecule has 0 saturated heterocycles. The highest BCUT2D eigenvalue weighted by Gasteiger charge is 2.26. The van der Waals surface area contributed by atoms with Crippen LogP contribution in [0.3, 0.4) is 0 Å². The van der Waals surface area contributed by atoms with Crippen LogP contribution >= 0.6 is 0 Å². The molecule has 27 heavy (non-hydrogen) atoms. The third-order valence-electron chi connectivity index (χ3n) is 5.00. The number of anilines is 2. The van der Waals surface area contributed by atoms with Crippen molar-refractivity contribution in [3.05, 3.63) is 92.2 Å². The first-order chi connectivity index (χ1) is 13.1. The van der Waals surface area contributed by atoms with Crippen molar-refractivity contribution in [2.45, 2.75) is 19.3 Å². The van der Waals surface area contributed by atoms with Crippen LogP contribution in [0.1, 0.15) is 17.5 Å². The largest absolute Gasteiger partial charge is 0.370 e. The molecule has 4 nitrogen and oxygen atoms in total. The van der Waals surface area contributed by atoms with E-state index in [0.29, 0.717) is 17.9 Å². The van der Waals surface area contributed by atoms with Gasteiger partial charge in [-0.05, 0) is 30.4 Å². The Balaban J connectivity index is 1.60. The maximum absolute atomic E-state index is 12.1. The fourth-order valence-electron chi connectivity index (χ4n) is 3.41. The minimum Gasteiger partial charge on any atom is -0.370 e. The van der Waals surface area contributed by atoms with Crippen LogP contribution in [-0.2, 0) is 12.8 Å². The van der Waals surface area contributed by atoms with Gasteiger partial charge in [0.05, 0.1) is 0 Å². The van der Waals surface area contributed by atoms with Gasteiger partial charge < -0.3 is 9.80 Å². The zero-order valence-electron chi connectivity index (χ0n) is 16.0. The second-order valence-electron chi connectivity index (χ2n) is 7.02. The number of hydrogen-bond acceptors (Lipinski definition) is 4. The summed E-state index contributed by atoms with van der Waals surface area (Å²) in [5, 5.41) is 0. The number of hydrogen-bond donors (Lipinski definition) is 0. The van der Waals surface area contributed by atoms with Crippen LogP contribution in [0.5, 0.6) is 0 Å². The van der Waals surface area contributed by atoms with Gasteiger partial charge >= 0.3 is 0 Å². The van der Waals surface area contributed by atoms with E-state index in [1.807, 2.05) is 60.3 Å². The van der Waals surface area contributed by atoms with Crippen molar-refractivity contribution in [2.75, 3.05) is 37.0 Å². The van der Waals surface area contributed by atoms with Crippen LogP contribution in [0.15, 0.2) is 70.3 Å². The Hall–Kier alpha value is -2.88. The second-order valence-corrected chi connectivity index (χ2v) is 7.02. The summed E-state index contributed by atoms with van der Waals surface area (Å²) in [4.78, 5) is 28.1. The molecule has 0 heterocycles. The van der Waals surface area contributed by atoms with E-state index in [4.69, 9.17) is 0 Å². The molecule has 140 valence electrons. The van der Waals surface area contributed by atoms with Gasteiger partial charge in [0.15, 0.2) is 0 Å². The van der Waals surface area contributed by atoms with Crippen molar-refractivity contribution in [2.24, 2.45) is 0 Å². The lowest BCUT2D eigenvalue weighted by Gasteiger charge is -2.28. The molecule has 0 aliphatic carbocycles. The van der Waals surface area contributed by atoms with Gasteiger partial charge in [-0.1, -0.05) is 60.7 Å². The average molecular weight is 362 g/mol. The van der Waals surface area contributed by atoms with Gasteiger partial charge in [-0.3, -0.25) is 9.59 Å². The summed E-state index contributed by atoms with van der Waals surface area (Å²) < 4.78 is 0. The number of benzene rings is 2. The molecule has 0 aromatic heterocycles. The van der Waals surface area contributed by atoms with Gasteiger partial charge in [-0.25, -0.2) is 0 Å². The standard InChI is InChI=1S/C23H26N2O2/c1-24(16-9-14-18-10-5-3-6-11-18)20-21(23(27)22(20)26)25(2)17-15-19-12-7-4-8-13-19/h3-8,10-13H,9,14-17H2,1-2H3. The van der Waals surface area contributed by atoms with E-state index < -0.39 is 0 Å². The molecule has 0 unspecified atom stereocenters. The van der Waals surface area contributed by atoms with E-state index in [2.05, 4.69) is 24.3 Å². The Morgan fingerprint density at radius 2 is 1.07 bits per heavy atom. The SMILES string of the molecule is CN(CCCc1ccccc1)c1c(N(C)CCc2ccccc2)c(=O)c1=O. The fraction of sp³-hybridized carbons (Fsp3) is 0.304. The molecular formula is C23H26N2O2. The Morgan fingerprint density at radius 3 is 1.59 bits per heavy atom. The summed E-state index contributed by atoms with van der Waals surface area (Å²) >= 11 is 0. The van der Waals surface area contributed by atoms with Crippen LogP contribution in [0.2, 0.25) is 0 Å². The molecule has 3 rings (SSSR count). The first-order valence-corrected chi connectivity index (χ1v) is 9.41. The molecule has 3 aromatic rings. The van der Waals surface area contributed by atoms with Crippen molar-refractivity contribution in [3.63, 3.8) is 0 Å². The van der Waals surface area contributed by atoms with Crippen LogP contribution < -0.4 is 20.7 Å². The Labute approximate surface area is 160 Å². The highest BCUT2D eigenvalue weighted by atomic mass is 16.2. The second kappa shape index (κ2) is 8.67. The zero-order valence-corrected chi connectivity index (χ0v) is 16.0. The molecule has 0 radical (unpaired) electrons. The molecule has 0 N–H and O–H groups in total. The first-order valence-electron chi connectivity index (χ1n) is 9.41. The zero-order chi connectivity index (χ0) is 19.2. The Kier molecular flexibility index (Phi) is 6.07. The van der Waals surface area contributed by atoms with Crippen LogP contribution in [0.4, 0.5) is 11.4 Å². The summed E-state index contributed by atoms with van der Waals surface area (Å²) in [7, 11) is 3.79. The lowest BCUT2D eigenvalue weighted by Crippen LogP contribution is -2.45. The van der Waals surface area contributed by atoms with Crippen molar-refractivity contribution in [3.8, 4) is 0 Å². The molecule has 0 aliphatic rings. The minimum atomic E-state index is -0.365. The lowest BCUT2D eigenvalue weighted by atomic mass is 10.1. The fourth-order valence-corrected chi connectivity index (χ4v) is 3.41. The molecule has 0 saturated carbocycles. The van der Waals surface area contributed by atoms with Gasteiger partial charge in [-0.2, -0.15) is 0 Å². The Morgan fingerprint density at radius 1 is 0.630 bits per heavy atom. The topological polar surface area (TPSA) is 40.6 Å². The molecule has 0 atom stereocenters. The number of nitrogens with zero attached hydrogens (tertiary/aromatic N) is 2. The maximum atomic E-state index is 12.1. The van der Waals surface area contributed by atoms with E-state index in [9.17, 15) is 9.59 Å². The Bertz CT molecular complexity index is 928. The molecule has 0 spiro atoms. The highest BCUT2D eigenvalue weighted by Crippen LogP contribution is 2.23. The molecule has 0 fully saturated rings. The summed E-state index contributed by atoms with van der Waals surface area (Å²) in [6.45, 7) is 1.46. The number of likely N-dealkylation sites (N-methyl/N-ethyl adjacent to an activating group) is 1. The molecular weight excluding hydrogens is 336 g/mol. The summed E-state index contributed by atoms with van der Waals surface area (Å²) in [5.74, 6) is 0.